The van der Waals surface area contributed by atoms with Crippen LogP contribution in [0.15, 0.2) is 41.2 Å². The summed E-state index contributed by atoms with van der Waals surface area (Å²) in [7, 11) is 1.59. The van der Waals surface area contributed by atoms with Crippen LogP contribution in [-0.4, -0.2) is 39.5 Å². The van der Waals surface area contributed by atoms with Crippen molar-refractivity contribution in [3.8, 4) is 11.4 Å². The summed E-state index contributed by atoms with van der Waals surface area (Å²) in [5.74, 6) is 1.26. The van der Waals surface area contributed by atoms with Crippen LogP contribution in [0.3, 0.4) is 0 Å². The highest BCUT2D eigenvalue weighted by Gasteiger charge is 2.24. The number of amides is 1. The molecule has 4 rings (SSSR count). The monoisotopic (exact) mass is 369 g/mol. The van der Waals surface area contributed by atoms with Crippen LogP contribution in [0.1, 0.15) is 41.0 Å². The van der Waals surface area contributed by atoms with Gasteiger partial charge in [0.1, 0.15) is 17.5 Å². The Morgan fingerprint density at radius 3 is 3.11 bits per heavy atom. The van der Waals surface area contributed by atoms with E-state index in [1.165, 1.54) is 6.20 Å². The zero-order valence-electron chi connectivity index (χ0n) is 14.8. The standard InChI is InChI=1S/C18H19N5O4/c1-25-14-6-3-2-5-13(14)23-11-12(9-20-23)17(24)19-10-16-21-18(27-22-16)15-7-4-8-26-15/h2-3,5-6,9,11,15H,4,7-8,10H2,1H3,(H,19,24). The van der Waals surface area contributed by atoms with Gasteiger partial charge in [0, 0.05) is 12.8 Å². The molecule has 0 aliphatic carbocycles. The number of benzene rings is 1. The van der Waals surface area contributed by atoms with Gasteiger partial charge in [0.25, 0.3) is 11.8 Å². The molecule has 1 aliphatic heterocycles. The second-order valence-corrected chi connectivity index (χ2v) is 6.08. The van der Waals surface area contributed by atoms with E-state index in [2.05, 4.69) is 20.6 Å². The summed E-state index contributed by atoms with van der Waals surface area (Å²) in [6.45, 7) is 0.865. The van der Waals surface area contributed by atoms with Crippen molar-refractivity contribution in [1.29, 1.82) is 0 Å². The highest BCUT2D eigenvalue weighted by Crippen LogP contribution is 2.26. The van der Waals surface area contributed by atoms with Gasteiger partial charge in [-0.15, -0.1) is 0 Å². The molecule has 27 heavy (non-hydrogen) atoms. The van der Waals surface area contributed by atoms with E-state index in [9.17, 15) is 4.79 Å². The molecule has 0 bridgehead atoms. The summed E-state index contributed by atoms with van der Waals surface area (Å²) >= 11 is 0. The molecule has 0 spiro atoms. The maximum atomic E-state index is 12.4. The number of aromatic nitrogens is 4. The Balaban J connectivity index is 1.40. The molecule has 9 heteroatoms. The molecule has 1 N–H and O–H groups in total. The van der Waals surface area contributed by atoms with Gasteiger partial charge in [0.05, 0.1) is 25.4 Å². The Morgan fingerprint density at radius 1 is 1.41 bits per heavy atom. The Morgan fingerprint density at radius 2 is 2.30 bits per heavy atom. The molecule has 0 radical (unpaired) electrons. The lowest BCUT2D eigenvalue weighted by atomic mass is 10.2. The zero-order chi connectivity index (χ0) is 18.6. The molecule has 1 amide bonds. The third kappa shape index (κ3) is 3.68. The highest BCUT2D eigenvalue weighted by molar-refractivity contribution is 5.93. The number of para-hydroxylation sites is 2. The van der Waals surface area contributed by atoms with Crippen molar-refractivity contribution >= 4 is 5.91 Å². The molecule has 1 atom stereocenters. The number of nitrogens with zero attached hydrogens (tertiary/aromatic N) is 4. The highest BCUT2D eigenvalue weighted by atomic mass is 16.5. The summed E-state index contributed by atoms with van der Waals surface area (Å²) in [6.07, 6.45) is 4.85. The first-order chi connectivity index (χ1) is 13.2. The van der Waals surface area contributed by atoms with Gasteiger partial charge in [0.2, 0.25) is 0 Å². The van der Waals surface area contributed by atoms with E-state index < -0.39 is 0 Å². The number of rotatable bonds is 6. The van der Waals surface area contributed by atoms with Crippen LogP contribution in [0, 0.1) is 0 Å². The minimum absolute atomic E-state index is 0.138. The lowest BCUT2D eigenvalue weighted by Gasteiger charge is -2.07. The normalized spacial score (nSPS) is 16.4. The van der Waals surface area contributed by atoms with E-state index in [0.29, 0.717) is 29.6 Å². The van der Waals surface area contributed by atoms with E-state index in [4.69, 9.17) is 14.0 Å². The number of carbonyl (C=O) groups excluding carboxylic acids is 1. The summed E-state index contributed by atoms with van der Waals surface area (Å²) in [6, 6.07) is 7.44. The number of ether oxygens (including phenoxy) is 2. The average molecular weight is 369 g/mol. The molecule has 1 aromatic carbocycles. The number of hydrogen-bond donors (Lipinski definition) is 1. The third-order valence-electron chi connectivity index (χ3n) is 4.27. The van der Waals surface area contributed by atoms with Crippen molar-refractivity contribution in [1.82, 2.24) is 25.2 Å². The molecule has 1 fully saturated rings. The predicted octanol–water partition coefficient (Wildman–Crippen LogP) is 2.05. The summed E-state index contributed by atoms with van der Waals surface area (Å²) < 4.78 is 17.6. The van der Waals surface area contributed by atoms with Gasteiger partial charge in [-0.05, 0) is 25.0 Å². The number of carbonyl (C=O) groups is 1. The Hall–Kier alpha value is -3.20. The smallest absolute Gasteiger partial charge is 0.255 e. The van der Waals surface area contributed by atoms with Crippen LogP contribution >= 0.6 is 0 Å². The van der Waals surface area contributed by atoms with Crippen molar-refractivity contribution in [2.45, 2.75) is 25.5 Å². The molecule has 140 valence electrons. The molecule has 1 aliphatic rings. The fourth-order valence-electron chi connectivity index (χ4n) is 2.89. The van der Waals surface area contributed by atoms with E-state index in [0.717, 1.165) is 18.5 Å². The summed E-state index contributed by atoms with van der Waals surface area (Å²) in [5.41, 5.74) is 1.17. The van der Waals surface area contributed by atoms with Crippen LogP contribution in [0.5, 0.6) is 5.75 Å². The quantitative estimate of drug-likeness (QED) is 0.709. The van der Waals surface area contributed by atoms with Crippen molar-refractivity contribution in [2.75, 3.05) is 13.7 Å². The number of hydrogen-bond acceptors (Lipinski definition) is 7. The van der Waals surface area contributed by atoms with Gasteiger partial charge in [0.15, 0.2) is 5.82 Å². The minimum atomic E-state index is -0.278. The molecule has 2 aromatic heterocycles. The van der Waals surface area contributed by atoms with Gasteiger partial charge >= 0.3 is 0 Å². The van der Waals surface area contributed by atoms with Crippen molar-refractivity contribution < 1.29 is 18.8 Å². The SMILES string of the molecule is COc1ccccc1-n1cc(C(=O)NCc2noc(C3CCCO3)n2)cn1. The summed E-state index contributed by atoms with van der Waals surface area (Å²) in [5, 5.41) is 10.9. The number of nitrogens with one attached hydrogen (secondary N) is 1. The maximum absolute atomic E-state index is 12.4. The van der Waals surface area contributed by atoms with E-state index in [-0.39, 0.29) is 18.6 Å². The zero-order valence-corrected chi connectivity index (χ0v) is 14.8. The fourth-order valence-corrected chi connectivity index (χ4v) is 2.89. The lowest BCUT2D eigenvalue weighted by Crippen LogP contribution is -2.23. The maximum Gasteiger partial charge on any atom is 0.255 e. The molecular formula is C18H19N5O4. The third-order valence-corrected chi connectivity index (χ3v) is 4.27. The molecular weight excluding hydrogens is 350 g/mol. The predicted molar refractivity (Wildman–Crippen MR) is 93.5 cm³/mol. The van der Waals surface area contributed by atoms with Gasteiger partial charge in [-0.3, -0.25) is 4.79 Å². The largest absolute Gasteiger partial charge is 0.494 e. The Kier molecular flexibility index (Phi) is 4.84. The van der Waals surface area contributed by atoms with Gasteiger partial charge in [-0.25, -0.2) is 4.68 Å². The average Bonchev–Trinajstić information content (AvgIpc) is 3.47. The number of methoxy groups -OCH3 is 1. The molecule has 1 saturated heterocycles. The topological polar surface area (TPSA) is 104 Å². The second-order valence-electron chi connectivity index (χ2n) is 6.08. The molecule has 0 saturated carbocycles. The summed E-state index contributed by atoms with van der Waals surface area (Å²) in [4.78, 5) is 16.7. The van der Waals surface area contributed by atoms with Gasteiger partial charge in [-0.2, -0.15) is 10.1 Å². The van der Waals surface area contributed by atoms with Crippen molar-refractivity contribution in [3.63, 3.8) is 0 Å². The molecule has 9 nitrogen and oxygen atoms in total. The first kappa shape index (κ1) is 17.2. The molecule has 3 aromatic rings. The van der Waals surface area contributed by atoms with Crippen molar-refractivity contribution in [2.24, 2.45) is 0 Å². The second kappa shape index (κ2) is 7.58. The van der Waals surface area contributed by atoms with Crippen LogP contribution in [0.4, 0.5) is 0 Å². The van der Waals surface area contributed by atoms with Crippen LogP contribution in [0.2, 0.25) is 0 Å². The van der Waals surface area contributed by atoms with Crippen molar-refractivity contribution in [3.05, 3.63) is 53.9 Å². The lowest BCUT2D eigenvalue weighted by molar-refractivity contribution is 0.0835. The van der Waals surface area contributed by atoms with E-state index in [1.807, 2.05) is 24.3 Å². The van der Waals surface area contributed by atoms with Crippen LogP contribution < -0.4 is 10.1 Å². The van der Waals surface area contributed by atoms with Crippen LogP contribution in [0.25, 0.3) is 5.69 Å². The Bertz CT molecular complexity index is 929. The molecule has 3 heterocycles. The Labute approximate surface area is 155 Å². The van der Waals surface area contributed by atoms with E-state index in [1.54, 1.807) is 18.0 Å². The first-order valence-corrected chi connectivity index (χ1v) is 8.65. The fraction of sp³-hybridized carbons (Fsp3) is 0.333. The molecule has 1 unspecified atom stereocenters. The van der Waals surface area contributed by atoms with Gasteiger partial charge < -0.3 is 19.3 Å². The van der Waals surface area contributed by atoms with Crippen LogP contribution in [-0.2, 0) is 11.3 Å². The van der Waals surface area contributed by atoms with E-state index >= 15 is 0 Å². The first-order valence-electron chi connectivity index (χ1n) is 8.65. The van der Waals surface area contributed by atoms with Gasteiger partial charge in [-0.1, -0.05) is 17.3 Å². The minimum Gasteiger partial charge on any atom is -0.494 e.